The number of aromatic nitrogens is 2. The molecule has 1 unspecified atom stereocenters. The fraction of sp³-hybridized carbons (Fsp3) is 0.700. The minimum Gasteiger partial charge on any atom is -0.396 e. The minimum atomic E-state index is 0.312. The van der Waals surface area contributed by atoms with Crippen molar-refractivity contribution in [1.82, 2.24) is 9.55 Å². The number of hydrogen-bond donors (Lipinski definition) is 1. The molecule has 3 nitrogen and oxygen atoms in total. The number of hydrogen-bond acceptors (Lipinski definition) is 2. The van der Waals surface area contributed by atoms with Gasteiger partial charge in [-0.15, -0.1) is 0 Å². The van der Waals surface area contributed by atoms with Crippen LogP contribution in [0.4, 0.5) is 0 Å². The first-order chi connectivity index (χ1) is 6.35. The van der Waals surface area contributed by atoms with Crippen LogP contribution in [0, 0.1) is 5.92 Å². The third kappa shape index (κ3) is 1.48. The highest BCUT2D eigenvalue weighted by Gasteiger charge is 2.19. The van der Waals surface area contributed by atoms with E-state index >= 15 is 0 Å². The summed E-state index contributed by atoms with van der Waals surface area (Å²) in [5.74, 6) is 1.64. The first-order valence-corrected chi connectivity index (χ1v) is 4.99. The van der Waals surface area contributed by atoms with E-state index in [0.29, 0.717) is 12.5 Å². The first kappa shape index (κ1) is 8.75. The van der Waals surface area contributed by atoms with Crippen molar-refractivity contribution in [2.45, 2.75) is 32.7 Å². The highest BCUT2D eigenvalue weighted by molar-refractivity contribution is 5.09. The molecule has 0 amide bonds. The molecular weight excluding hydrogens is 164 g/mol. The second kappa shape index (κ2) is 3.50. The summed E-state index contributed by atoms with van der Waals surface area (Å²) in [5, 5.41) is 9.05. The Balaban J connectivity index is 2.22. The average Bonchev–Trinajstić information content (AvgIpc) is 2.59. The van der Waals surface area contributed by atoms with Gasteiger partial charge in [0, 0.05) is 31.5 Å². The van der Waals surface area contributed by atoms with Crippen LogP contribution in [-0.4, -0.2) is 21.3 Å². The number of aliphatic hydroxyl groups excluding tert-OH is 1. The molecule has 2 heterocycles. The van der Waals surface area contributed by atoms with Crippen molar-refractivity contribution >= 4 is 0 Å². The lowest BCUT2D eigenvalue weighted by atomic mass is 9.97. The maximum Gasteiger partial charge on any atom is 0.108 e. The summed E-state index contributed by atoms with van der Waals surface area (Å²) in [6.07, 6.45) is 5.04. The van der Waals surface area contributed by atoms with Gasteiger partial charge in [0.15, 0.2) is 0 Å². The first-order valence-electron chi connectivity index (χ1n) is 4.99. The van der Waals surface area contributed by atoms with E-state index in [0.717, 1.165) is 25.8 Å². The molecule has 1 N–H and O–H groups in total. The normalized spacial score (nSPS) is 21.5. The van der Waals surface area contributed by atoms with Crippen LogP contribution in [0.15, 0.2) is 6.20 Å². The van der Waals surface area contributed by atoms with E-state index in [1.165, 1.54) is 11.5 Å². The zero-order chi connectivity index (χ0) is 9.26. The molecule has 2 rings (SSSR count). The maximum atomic E-state index is 9.05. The van der Waals surface area contributed by atoms with Crippen molar-refractivity contribution in [3.63, 3.8) is 0 Å². The van der Waals surface area contributed by atoms with Gasteiger partial charge in [-0.1, -0.05) is 6.92 Å². The average molecular weight is 180 g/mol. The summed E-state index contributed by atoms with van der Waals surface area (Å²) in [6.45, 7) is 3.48. The van der Waals surface area contributed by atoms with Gasteiger partial charge in [0.05, 0.1) is 0 Å². The molecule has 0 bridgehead atoms. The smallest absolute Gasteiger partial charge is 0.108 e. The van der Waals surface area contributed by atoms with Crippen LogP contribution in [0.2, 0.25) is 0 Å². The van der Waals surface area contributed by atoms with Crippen LogP contribution in [0.3, 0.4) is 0 Å². The van der Waals surface area contributed by atoms with Crippen LogP contribution >= 0.6 is 0 Å². The third-order valence-corrected chi connectivity index (χ3v) is 2.85. The summed E-state index contributed by atoms with van der Waals surface area (Å²) < 4.78 is 2.30. The molecule has 1 aliphatic rings. The monoisotopic (exact) mass is 180 g/mol. The van der Waals surface area contributed by atoms with Crippen LogP contribution in [0.1, 0.15) is 24.9 Å². The molecule has 0 radical (unpaired) electrons. The van der Waals surface area contributed by atoms with Crippen molar-refractivity contribution in [2.75, 3.05) is 6.61 Å². The van der Waals surface area contributed by atoms with Gasteiger partial charge in [-0.05, 0) is 18.8 Å². The molecule has 0 aromatic carbocycles. The molecule has 72 valence electrons. The van der Waals surface area contributed by atoms with E-state index < -0.39 is 0 Å². The summed E-state index contributed by atoms with van der Waals surface area (Å²) in [6, 6.07) is 0. The molecule has 1 aromatic rings. The van der Waals surface area contributed by atoms with Gasteiger partial charge in [0.25, 0.3) is 0 Å². The Bertz CT molecular complexity index is 293. The van der Waals surface area contributed by atoms with Gasteiger partial charge in [-0.2, -0.15) is 0 Å². The summed E-state index contributed by atoms with van der Waals surface area (Å²) in [7, 11) is 0. The molecule has 0 fully saturated rings. The topological polar surface area (TPSA) is 38.0 Å². The van der Waals surface area contributed by atoms with Gasteiger partial charge in [0.1, 0.15) is 5.82 Å². The molecule has 1 atom stereocenters. The Morgan fingerprint density at radius 2 is 2.54 bits per heavy atom. The molecule has 0 aliphatic carbocycles. The molecule has 0 saturated carbocycles. The highest BCUT2D eigenvalue weighted by atomic mass is 16.3. The largest absolute Gasteiger partial charge is 0.396 e. The number of nitrogens with zero attached hydrogens (tertiary/aromatic N) is 2. The summed E-state index contributed by atoms with van der Waals surface area (Å²) >= 11 is 0. The number of rotatable bonds is 2. The van der Waals surface area contributed by atoms with E-state index in [-0.39, 0.29) is 0 Å². The molecule has 0 spiro atoms. The fourth-order valence-electron chi connectivity index (χ4n) is 2.04. The van der Waals surface area contributed by atoms with Crippen LogP contribution in [0.5, 0.6) is 0 Å². The second-order valence-electron chi connectivity index (χ2n) is 3.71. The lowest BCUT2D eigenvalue weighted by Gasteiger charge is -2.23. The molecule has 0 saturated heterocycles. The SMILES string of the molecule is CCc1ncc2n1CCC(CO)C2. The predicted octanol–water partition coefficient (Wildman–Crippen LogP) is 1.00. The standard InChI is InChI=1S/C10H16N2O/c1-2-10-11-6-9-5-8(7-13)3-4-12(9)10/h6,8,13H,2-5,7H2,1H3. The van der Waals surface area contributed by atoms with Gasteiger partial charge in [-0.3, -0.25) is 0 Å². The number of aryl methyl sites for hydroxylation is 1. The fourth-order valence-corrected chi connectivity index (χ4v) is 2.04. The van der Waals surface area contributed by atoms with Crippen molar-refractivity contribution in [3.8, 4) is 0 Å². The van der Waals surface area contributed by atoms with Crippen molar-refractivity contribution in [3.05, 3.63) is 17.7 Å². The highest BCUT2D eigenvalue weighted by Crippen LogP contribution is 2.21. The number of imidazole rings is 1. The van der Waals surface area contributed by atoms with Gasteiger partial charge in [0.2, 0.25) is 0 Å². The molecule has 1 aromatic heterocycles. The van der Waals surface area contributed by atoms with E-state index in [1.807, 2.05) is 6.20 Å². The predicted molar refractivity (Wildman–Crippen MR) is 50.5 cm³/mol. The summed E-state index contributed by atoms with van der Waals surface area (Å²) in [4.78, 5) is 4.37. The second-order valence-corrected chi connectivity index (χ2v) is 3.71. The Kier molecular flexibility index (Phi) is 2.36. The van der Waals surface area contributed by atoms with Gasteiger partial charge < -0.3 is 9.67 Å². The van der Waals surface area contributed by atoms with Crippen LogP contribution in [-0.2, 0) is 19.4 Å². The van der Waals surface area contributed by atoms with Crippen molar-refractivity contribution < 1.29 is 5.11 Å². The molecule has 1 aliphatic heterocycles. The van der Waals surface area contributed by atoms with Crippen LogP contribution < -0.4 is 0 Å². The Morgan fingerprint density at radius 3 is 3.23 bits per heavy atom. The lowest BCUT2D eigenvalue weighted by Crippen LogP contribution is -2.22. The van der Waals surface area contributed by atoms with E-state index in [9.17, 15) is 0 Å². The van der Waals surface area contributed by atoms with Crippen LogP contribution in [0.25, 0.3) is 0 Å². The molecule has 3 heteroatoms. The maximum absolute atomic E-state index is 9.05. The van der Waals surface area contributed by atoms with E-state index in [4.69, 9.17) is 5.11 Å². The quantitative estimate of drug-likeness (QED) is 0.737. The zero-order valence-electron chi connectivity index (χ0n) is 8.03. The molecular formula is C10H16N2O. The number of aliphatic hydroxyl groups is 1. The zero-order valence-corrected chi connectivity index (χ0v) is 8.03. The minimum absolute atomic E-state index is 0.312. The van der Waals surface area contributed by atoms with Gasteiger partial charge >= 0.3 is 0 Å². The summed E-state index contributed by atoms with van der Waals surface area (Å²) in [5.41, 5.74) is 1.29. The van der Waals surface area contributed by atoms with E-state index in [2.05, 4.69) is 16.5 Å². The lowest BCUT2D eigenvalue weighted by molar-refractivity contribution is 0.200. The Hall–Kier alpha value is -0.830. The Labute approximate surface area is 78.4 Å². The molecule has 13 heavy (non-hydrogen) atoms. The Morgan fingerprint density at radius 1 is 1.69 bits per heavy atom. The van der Waals surface area contributed by atoms with Crippen molar-refractivity contribution in [1.29, 1.82) is 0 Å². The third-order valence-electron chi connectivity index (χ3n) is 2.85. The van der Waals surface area contributed by atoms with Gasteiger partial charge in [-0.25, -0.2) is 4.98 Å². The van der Waals surface area contributed by atoms with E-state index in [1.54, 1.807) is 0 Å². The number of fused-ring (bicyclic) bond motifs is 1. The van der Waals surface area contributed by atoms with Crippen molar-refractivity contribution in [2.24, 2.45) is 5.92 Å².